The van der Waals surface area contributed by atoms with Crippen LogP contribution in [-0.4, -0.2) is 66.6 Å². The van der Waals surface area contributed by atoms with Gasteiger partial charge in [-0.1, -0.05) is 250 Å². The van der Waals surface area contributed by atoms with E-state index in [0.29, 0.717) is 6.42 Å². The normalized spacial score (nSPS) is 17.5. The Hall–Kier alpha value is -3.44. The fourth-order valence-electron chi connectivity index (χ4n) is 10.3. The third-order valence-electron chi connectivity index (χ3n) is 15.1. The van der Waals surface area contributed by atoms with Gasteiger partial charge in [-0.2, -0.15) is 0 Å². The fourth-order valence-corrected chi connectivity index (χ4v) is 11.7. The predicted molar refractivity (Wildman–Crippen MR) is 317 cm³/mol. The molecule has 446 valence electrons. The van der Waals surface area contributed by atoms with Crippen LogP contribution in [-0.2, 0) is 37.7 Å². The molecule has 1 aliphatic heterocycles. The summed E-state index contributed by atoms with van der Waals surface area (Å²) in [6, 6.07) is 16.0. The summed E-state index contributed by atoms with van der Waals surface area (Å²) in [6.07, 6.45) is 33.8. The zero-order valence-corrected chi connectivity index (χ0v) is 50.8. The van der Waals surface area contributed by atoms with Crippen LogP contribution >= 0.6 is 7.82 Å². The summed E-state index contributed by atoms with van der Waals surface area (Å²) in [5.41, 5.74) is -0.859. The lowest BCUT2D eigenvalue weighted by Gasteiger charge is -2.42. The summed E-state index contributed by atoms with van der Waals surface area (Å²) in [6.45, 7) is 11.4. The van der Waals surface area contributed by atoms with Gasteiger partial charge in [0.15, 0.2) is 6.10 Å². The molecule has 13 heteroatoms. The number of esters is 2. The Kier molecular flexibility index (Phi) is 37.4. The maximum atomic E-state index is 15.2. The molecule has 3 rings (SSSR count). The number of carbonyl (C=O) groups excluding carboxylic acids is 3. The topological polar surface area (TPSA) is 156 Å². The van der Waals surface area contributed by atoms with Crippen molar-refractivity contribution in [2.24, 2.45) is 11.3 Å². The molecule has 0 spiro atoms. The number of amides is 1. The van der Waals surface area contributed by atoms with Crippen LogP contribution in [0, 0.1) is 11.3 Å². The Balaban J connectivity index is 1.89. The van der Waals surface area contributed by atoms with Crippen molar-refractivity contribution in [1.29, 1.82) is 0 Å². The molecular weight excluding hydrogens is 1000 g/mol. The van der Waals surface area contributed by atoms with Gasteiger partial charge in [0.2, 0.25) is 5.91 Å². The minimum atomic E-state index is -4.70. The number of aliphatic hydroxyl groups excluding tert-OH is 1. The van der Waals surface area contributed by atoms with E-state index in [4.69, 9.17) is 27.8 Å². The second-order valence-corrected chi connectivity index (χ2v) is 25.0. The van der Waals surface area contributed by atoms with Crippen molar-refractivity contribution in [3.8, 4) is 11.5 Å². The van der Waals surface area contributed by atoms with Gasteiger partial charge >= 0.3 is 19.8 Å². The first-order valence-electron chi connectivity index (χ1n) is 31.5. The van der Waals surface area contributed by atoms with Gasteiger partial charge in [-0.3, -0.25) is 18.9 Å². The molecule has 1 fully saturated rings. The van der Waals surface area contributed by atoms with Gasteiger partial charge in [0.1, 0.15) is 30.3 Å². The molecule has 6 atom stereocenters. The Labute approximate surface area is 474 Å². The number of benzene rings is 2. The van der Waals surface area contributed by atoms with Crippen LogP contribution in [0.15, 0.2) is 60.7 Å². The number of ether oxygens (including phenoxy) is 3. The number of phosphoric ester groups is 1. The zero-order valence-electron chi connectivity index (χ0n) is 49.9. The van der Waals surface area contributed by atoms with Crippen molar-refractivity contribution in [2.75, 3.05) is 13.2 Å². The van der Waals surface area contributed by atoms with E-state index in [-0.39, 0.29) is 43.5 Å². The van der Waals surface area contributed by atoms with Gasteiger partial charge in [-0.05, 0) is 70.2 Å². The van der Waals surface area contributed by atoms with E-state index in [9.17, 15) is 19.5 Å². The number of phosphoric acid groups is 1. The van der Waals surface area contributed by atoms with Gasteiger partial charge in [-0.15, -0.1) is 0 Å². The smallest absolute Gasteiger partial charge is 0.462 e. The number of hydrogen-bond donors (Lipinski definition) is 2. The van der Waals surface area contributed by atoms with Crippen molar-refractivity contribution in [3.63, 3.8) is 0 Å². The number of aliphatic hydroxyl groups is 1. The van der Waals surface area contributed by atoms with Crippen molar-refractivity contribution in [3.05, 3.63) is 60.7 Å². The quantitative estimate of drug-likeness (QED) is 0.0369. The highest BCUT2D eigenvalue weighted by molar-refractivity contribution is 7.49. The highest BCUT2D eigenvalue weighted by Gasteiger charge is 2.50. The van der Waals surface area contributed by atoms with Gasteiger partial charge in [0.05, 0.1) is 30.6 Å². The van der Waals surface area contributed by atoms with E-state index in [1.807, 2.05) is 0 Å². The lowest BCUT2D eigenvalue weighted by atomic mass is 9.91. The minimum Gasteiger partial charge on any atom is -0.462 e. The Morgan fingerprint density at radius 2 is 0.974 bits per heavy atom. The van der Waals surface area contributed by atoms with Crippen LogP contribution in [0.3, 0.4) is 0 Å². The number of para-hydroxylation sites is 2. The molecular formula is C65H110NO11P. The molecule has 0 radical (unpaired) electrons. The fraction of sp³-hybridized carbons (Fsp3) is 0.769. The highest BCUT2D eigenvalue weighted by Crippen LogP contribution is 2.52. The monoisotopic (exact) mass is 1110 g/mol. The molecule has 0 aromatic heterocycles. The van der Waals surface area contributed by atoms with Crippen molar-refractivity contribution >= 4 is 25.7 Å². The summed E-state index contributed by atoms with van der Waals surface area (Å²) in [7, 11) is -4.70. The summed E-state index contributed by atoms with van der Waals surface area (Å²) in [5.74, 6) is -0.971. The van der Waals surface area contributed by atoms with Crippen LogP contribution in [0.1, 0.15) is 266 Å². The predicted octanol–water partition coefficient (Wildman–Crippen LogP) is 17.7. The molecule has 2 aromatic carbocycles. The first-order valence-corrected chi connectivity index (χ1v) is 33.0. The first-order chi connectivity index (χ1) is 37.8. The molecule has 0 aliphatic carbocycles. The highest BCUT2D eigenvalue weighted by atomic mass is 31.2. The minimum absolute atomic E-state index is 0.0751. The van der Waals surface area contributed by atoms with E-state index < -0.39 is 61.5 Å². The number of hydrogen-bond acceptors (Lipinski definition) is 11. The number of carbonyl (C=O) groups is 3. The molecule has 1 aliphatic rings. The maximum Gasteiger partial charge on any atom is 0.588 e. The van der Waals surface area contributed by atoms with Gasteiger partial charge in [0.25, 0.3) is 0 Å². The number of nitrogens with one attached hydrogen (secondary N) is 1. The summed E-state index contributed by atoms with van der Waals surface area (Å²) in [5, 5.41) is 14.1. The first kappa shape index (κ1) is 68.8. The molecule has 2 N–H and O–H groups in total. The maximum absolute atomic E-state index is 15.2. The van der Waals surface area contributed by atoms with Crippen molar-refractivity contribution in [1.82, 2.24) is 5.32 Å². The summed E-state index contributed by atoms with van der Waals surface area (Å²) < 4.78 is 52.7. The third-order valence-corrected chi connectivity index (χ3v) is 16.4. The number of unbranched alkanes of at least 4 members (excludes halogenated alkanes) is 27. The van der Waals surface area contributed by atoms with Crippen LogP contribution in [0.5, 0.6) is 11.5 Å². The molecule has 78 heavy (non-hydrogen) atoms. The molecule has 0 saturated carbocycles. The summed E-state index contributed by atoms with van der Waals surface area (Å²) in [4.78, 5) is 41.9. The molecule has 1 amide bonds. The Morgan fingerprint density at radius 3 is 1.38 bits per heavy atom. The Bertz CT molecular complexity index is 1820. The average molecular weight is 1110 g/mol. The molecule has 1 unspecified atom stereocenters. The lowest BCUT2D eigenvalue weighted by molar-refractivity contribution is -0.195. The van der Waals surface area contributed by atoms with Gasteiger partial charge in [0, 0.05) is 6.42 Å². The van der Waals surface area contributed by atoms with Crippen LogP contribution in [0.4, 0.5) is 0 Å². The van der Waals surface area contributed by atoms with Gasteiger partial charge < -0.3 is 33.7 Å². The lowest BCUT2D eigenvalue weighted by Crippen LogP contribution is -2.62. The third kappa shape index (κ3) is 32.1. The van der Waals surface area contributed by atoms with E-state index in [1.54, 1.807) is 81.4 Å². The van der Waals surface area contributed by atoms with Gasteiger partial charge in [-0.25, -0.2) is 4.57 Å². The van der Waals surface area contributed by atoms with Crippen molar-refractivity contribution in [2.45, 2.75) is 297 Å². The molecule has 2 aromatic rings. The second kappa shape index (κ2) is 42.4. The Morgan fingerprint density at radius 1 is 0.577 bits per heavy atom. The SMILES string of the molecule is CCCCCCCCCCCCCCC(CCCCCCCCCCC)CC(=O)O[C@H]1[C@H](OP(=O)(Oc2ccccc2)Oc2ccccc2)[C@@H](COC(=O)C(C)(C)C)OC[C@@H]1NC(=O)C[C@H](O)CCCCCCCCCCC. The van der Waals surface area contributed by atoms with Crippen molar-refractivity contribution < 1.29 is 51.8 Å². The average Bonchev–Trinajstić information content (AvgIpc) is 3.43. The molecule has 0 bridgehead atoms. The summed E-state index contributed by atoms with van der Waals surface area (Å²) >= 11 is 0. The van der Waals surface area contributed by atoms with E-state index in [1.165, 1.54) is 148 Å². The molecule has 12 nitrogen and oxygen atoms in total. The zero-order chi connectivity index (χ0) is 56.5. The standard InChI is InChI=1S/C65H110NO11P/c1-7-10-13-16-19-22-23-24-27-29-32-37-44-54(43-36-31-28-25-20-17-14-11-8-2)50-61(69)74-62-58(66-60(68)51-55(67)45-38-33-30-26-21-18-15-12-9-3)52-72-59(53-73-64(70)65(4,5)6)63(62)77-78(71,75-56-46-39-34-40-47-56)76-57-48-41-35-42-49-57/h34-35,39-42,46-49,54-55,58-59,62-63,67H,7-33,36-38,43-45,50-53H2,1-6H3,(H,66,68)/t54?,55-,58+,59-,62-,63-/m1/s1. The second-order valence-electron chi connectivity index (χ2n) is 23.5. The molecule has 1 heterocycles. The van der Waals surface area contributed by atoms with E-state index >= 15 is 4.57 Å². The molecule has 1 saturated heterocycles. The largest absolute Gasteiger partial charge is 0.588 e. The van der Waals surface area contributed by atoms with Crippen LogP contribution in [0.25, 0.3) is 0 Å². The van der Waals surface area contributed by atoms with E-state index in [0.717, 1.165) is 57.8 Å². The number of rotatable bonds is 47. The van der Waals surface area contributed by atoms with Crippen LogP contribution in [0.2, 0.25) is 0 Å². The van der Waals surface area contributed by atoms with Crippen LogP contribution < -0.4 is 14.4 Å². The van der Waals surface area contributed by atoms with E-state index in [2.05, 4.69) is 26.1 Å².